The monoisotopic (exact) mass is 494 g/mol. The molecule has 2 atom stereocenters. The van der Waals surface area contributed by atoms with Crippen molar-refractivity contribution < 1.29 is 18.0 Å². The minimum Gasteiger partial charge on any atom is -0.327 e. The van der Waals surface area contributed by atoms with E-state index in [0.29, 0.717) is 41.9 Å². The maximum atomic E-state index is 14.1. The third-order valence-electron chi connectivity index (χ3n) is 6.78. The van der Waals surface area contributed by atoms with Gasteiger partial charge in [-0.1, -0.05) is 26.0 Å². The van der Waals surface area contributed by atoms with Gasteiger partial charge in [-0.25, -0.2) is 13.2 Å². The number of aromatic nitrogens is 5. The first-order valence-electron chi connectivity index (χ1n) is 11.8. The third kappa shape index (κ3) is 3.77. The first-order valence-corrected chi connectivity index (χ1v) is 11.8. The number of carbonyl (C=O) groups is 1. The number of para-hydroxylation sites is 1. The van der Waals surface area contributed by atoms with Crippen LogP contribution in [0.25, 0.3) is 16.9 Å². The Bertz CT molecular complexity index is 1410. The summed E-state index contributed by atoms with van der Waals surface area (Å²) in [6, 6.07) is 8.60. The summed E-state index contributed by atoms with van der Waals surface area (Å²) in [7, 11) is 1.69. The summed E-state index contributed by atoms with van der Waals surface area (Å²) in [6.07, 6.45) is 4.79. The van der Waals surface area contributed by atoms with Crippen LogP contribution in [0.3, 0.4) is 0 Å². The van der Waals surface area contributed by atoms with E-state index < -0.39 is 17.5 Å². The molecule has 0 spiro atoms. The third-order valence-corrected chi connectivity index (χ3v) is 6.78. The number of aryl methyl sites for hydroxylation is 1. The van der Waals surface area contributed by atoms with Crippen LogP contribution in [0, 0.1) is 17.5 Å². The van der Waals surface area contributed by atoms with Gasteiger partial charge in [-0.3, -0.25) is 9.48 Å². The van der Waals surface area contributed by atoms with Gasteiger partial charge < -0.3 is 4.90 Å². The number of halogens is 3. The number of nitrogens with zero attached hydrogens (tertiary/aromatic N) is 6. The molecule has 1 amide bonds. The SMILES string of the molecule is CCC1Cc2c(nn(C)c2-c2cc(F)c(F)c(F)c2)C(CC)N1C(=O)c1ccccc1-n1nccn1. The van der Waals surface area contributed by atoms with Gasteiger partial charge in [-0.15, -0.1) is 0 Å². The number of carbonyl (C=O) groups excluding carboxylic acids is 1. The van der Waals surface area contributed by atoms with Crippen molar-refractivity contribution in [2.45, 2.75) is 45.2 Å². The molecular weight excluding hydrogens is 469 g/mol. The molecule has 7 nitrogen and oxygen atoms in total. The van der Waals surface area contributed by atoms with Crippen molar-refractivity contribution in [3.05, 3.63) is 83.1 Å². The van der Waals surface area contributed by atoms with Crippen molar-refractivity contribution in [3.63, 3.8) is 0 Å². The van der Waals surface area contributed by atoms with Crippen LogP contribution in [0.1, 0.15) is 54.3 Å². The highest BCUT2D eigenvalue weighted by atomic mass is 19.2. The molecule has 2 aromatic carbocycles. The lowest BCUT2D eigenvalue weighted by molar-refractivity contribution is 0.0512. The molecule has 186 valence electrons. The van der Waals surface area contributed by atoms with Crippen molar-refractivity contribution in [1.82, 2.24) is 29.7 Å². The minimum absolute atomic E-state index is 0.168. The second-order valence-corrected chi connectivity index (χ2v) is 8.83. The van der Waals surface area contributed by atoms with E-state index in [0.717, 1.165) is 17.7 Å². The summed E-state index contributed by atoms with van der Waals surface area (Å²) < 4.78 is 43.4. The molecule has 0 fully saturated rings. The van der Waals surface area contributed by atoms with Crippen LogP contribution < -0.4 is 0 Å². The zero-order valence-corrected chi connectivity index (χ0v) is 20.1. The molecule has 0 radical (unpaired) electrons. The first kappa shape index (κ1) is 23.8. The van der Waals surface area contributed by atoms with E-state index in [1.807, 2.05) is 24.8 Å². The molecule has 5 rings (SSSR count). The Morgan fingerprint density at radius 3 is 2.33 bits per heavy atom. The van der Waals surface area contributed by atoms with Crippen LogP contribution in [0.2, 0.25) is 0 Å². The second kappa shape index (κ2) is 9.25. The fourth-order valence-corrected chi connectivity index (χ4v) is 5.18. The van der Waals surface area contributed by atoms with Gasteiger partial charge >= 0.3 is 0 Å². The lowest BCUT2D eigenvalue weighted by atomic mass is 9.87. The van der Waals surface area contributed by atoms with Gasteiger partial charge in [0.05, 0.1) is 41.1 Å². The van der Waals surface area contributed by atoms with E-state index in [4.69, 9.17) is 0 Å². The van der Waals surface area contributed by atoms with Crippen LogP contribution in [-0.4, -0.2) is 41.6 Å². The molecular formula is C26H25F3N6O. The van der Waals surface area contributed by atoms with E-state index in [9.17, 15) is 18.0 Å². The highest BCUT2D eigenvalue weighted by Gasteiger charge is 2.40. The van der Waals surface area contributed by atoms with Crippen molar-refractivity contribution in [3.8, 4) is 16.9 Å². The van der Waals surface area contributed by atoms with Crippen LogP contribution in [0.5, 0.6) is 0 Å². The fraction of sp³-hybridized carbons (Fsp3) is 0.308. The second-order valence-electron chi connectivity index (χ2n) is 8.83. The number of benzene rings is 2. The Labute approximate surface area is 206 Å². The lowest BCUT2D eigenvalue weighted by Gasteiger charge is -2.41. The number of hydrogen-bond donors (Lipinski definition) is 0. The van der Waals surface area contributed by atoms with E-state index in [1.165, 1.54) is 4.80 Å². The molecule has 1 aliphatic rings. The Kier molecular flexibility index (Phi) is 6.11. The highest BCUT2D eigenvalue weighted by Crippen LogP contribution is 2.41. The van der Waals surface area contributed by atoms with Crippen molar-refractivity contribution in [2.75, 3.05) is 0 Å². The molecule has 0 saturated carbocycles. The van der Waals surface area contributed by atoms with E-state index >= 15 is 0 Å². The van der Waals surface area contributed by atoms with Crippen molar-refractivity contribution >= 4 is 5.91 Å². The van der Waals surface area contributed by atoms with Gasteiger partial charge in [0.25, 0.3) is 5.91 Å². The fourth-order valence-electron chi connectivity index (χ4n) is 5.18. The maximum Gasteiger partial charge on any atom is 0.256 e. The zero-order valence-electron chi connectivity index (χ0n) is 20.1. The van der Waals surface area contributed by atoms with Gasteiger partial charge in [-0.2, -0.15) is 20.1 Å². The van der Waals surface area contributed by atoms with Crippen LogP contribution >= 0.6 is 0 Å². The molecule has 10 heteroatoms. The zero-order chi connectivity index (χ0) is 25.6. The average molecular weight is 495 g/mol. The molecule has 4 aromatic rings. The number of amides is 1. The topological polar surface area (TPSA) is 68.8 Å². The van der Waals surface area contributed by atoms with Crippen molar-refractivity contribution in [2.24, 2.45) is 7.05 Å². The summed E-state index contributed by atoms with van der Waals surface area (Å²) in [6.45, 7) is 3.97. The molecule has 0 saturated heterocycles. The molecule has 2 aromatic heterocycles. The standard InChI is InChI=1S/C26H25F3N6O/c1-4-16-14-18-24(32-33(3)25(18)15-12-19(27)23(29)20(28)13-15)21(5-2)34(16)26(36)17-8-6-7-9-22(17)35-30-10-11-31-35/h6-13,16,21H,4-5,14H2,1-3H3. The van der Waals surface area contributed by atoms with E-state index in [1.54, 1.807) is 42.3 Å². The maximum absolute atomic E-state index is 14.1. The summed E-state index contributed by atoms with van der Waals surface area (Å²) in [5.41, 5.74) is 3.26. The van der Waals surface area contributed by atoms with Gasteiger partial charge in [0, 0.05) is 24.2 Å². The molecule has 0 aliphatic carbocycles. The average Bonchev–Trinajstić information content (AvgIpc) is 3.53. The Hall–Kier alpha value is -3.95. The summed E-state index contributed by atoms with van der Waals surface area (Å²) in [4.78, 5) is 17.3. The van der Waals surface area contributed by atoms with Gasteiger partial charge in [0.2, 0.25) is 0 Å². The summed E-state index contributed by atoms with van der Waals surface area (Å²) in [5.74, 6) is -4.18. The number of fused-ring (bicyclic) bond motifs is 1. The Balaban J connectivity index is 1.62. The smallest absolute Gasteiger partial charge is 0.256 e. The minimum atomic E-state index is -1.50. The molecule has 3 heterocycles. The largest absolute Gasteiger partial charge is 0.327 e. The first-order chi connectivity index (χ1) is 17.3. The van der Waals surface area contributed by atoms with Gasteiger partial charge in [0.15, 0.2) is 17.5 Å². The van der Waals surface area contributed by atoms with E-state index in [2.05, 4.69) is 15.3 Å². The predicted octanol–water partition coefficient (Wildman–Crippen LogP) is 5.01. The summed E-state index contributed by atoms with van der Waals surface area (Å²) >= 11 is 0. The van der Waals surface area contributed by atoms with Crippen LogP contribution in [-0.2, 0) is 13.5 Å². The highest BCUT2D eigenvalue weighted by molar-refractivity contribution is 5.98. The van der Waals surface area contributed by atoms with Crippen molar-refractivity contribution in [1.29, 1.82) is 0 Å². The van der Waals surface area contributed by atoms with Crippen LogP contribution in [0.15, 0.2) is 48.8 Å². The predicted molar refractivity (Wildman–Crippen MR) is 127 cm³/mol. The van der Waals surface area contributed by atoms with Gasteiger partial charge in [0.1, 0.15) is 0 Å². The van der Waals surface area contributed by atoms with Gasteiger partial charge in [-0.05, 0) is 43.5 Å². The molecule has 0 N–H and O–H groups in total. The molecule has 36 heavy (non-hydrogen) atoms. The summed E-state index contributed by atoms with van der Waals surface area (Å²) in [5, 5.41) is 13.1. The molecule has 0 bridgehead atoms. The lowest BCUT2D eigenvalue weighted by Crippen LogP contribution is -2.47. The molecule has 2 unspecified atom stereocenters. The number of hydrogen-bond acceptors (Lipinski definition) is 4. The Morgan fingerprint density at radius 1 is 1.03 bits per heavy atom. The quantitative estimate of drug-likeness (QED) is 0.366. The Morgan fingerprint density at radius 2 is 1.69 bits per heavy atom. The van der Waals surface area contributed by atoms with E-state index in [-0.39, 0.29) is 23.6 Å². The number of rotatable bonds is 5. The van der Waals surface area contributed by atoms with Crippen LogP contribution in [0.4, 0.5) is 13.2 Å². The molecule has 1 aliphatic heterocycles. The normalized spacial score (nSPS) is 17.3.